The van der Waals surface area contributed by atoms with Gasteiger partial charge in [0.2, 0.25) is 0 Å². The number of nitro groups is 1. The number of nitrogens with zero attached hydrogens (tertiary/aromatic N) is 4. The highest BCUT2D eigenvalue weighted by Gasteiger charge is 2.11. The van der Waals surface area contributed by atoms with E-state index >= 15 is 0 Å². The summed E-state index contributed by atoms with van der Waals surface area (Å²) in [6.07, 6.45) is 1.65. The summed E-state index contributed by atoms with van der Waals surface area (Å²) < 4.78 is 1.92. The molecule has 0 saturated carbocycles. The highest BCUT2D eigenvalue weighted by molar-refractivity contribution is 5.57. The fourth-order valence-corrected chi connectivity index (χ4v) is 1.56. The molecule has 0 aliphatic rings. The molecule has 0 bridgehead atoms. The van der Waals surface area contributed by atoms with Crippen molar-refractivity contribution in [2.24, 2.45) is 0 Å². The summed E-state index contributed by atoms with van der Waals surface area (Å²) in [5.41, 5.74) is 0.895. The predicted molar refractivity (Wildman–Crippen MR) is 62.5 cm³/mol. The van der Waals surface area contributed by atoms with E-state index < -0.39 is 4.92 Å². The van der Waals surface area contributed by atoms with Crippen LogP contribution in [-0.2, 0) is 0 Å². The zero-order chi connectivity index (χ0) is 12.4. The zero-order valence-electron chi connectivity index (χ0n) is 9.57. The van der Waals surface area contributed by atoms with Gasteiger partial charge in [0, 0.05) is 23.7 Å². The third kappa shape index (κ3) is 2.15. The number of aromatic nitrogens is 3. The van der Waals surface area contributed by atoms with Gasteiger partial charge in [-0.1, -0.05) is 0 Å². The normalized spacial score (nSPS) is 10.8. The Balaban J connectivity index is 2.40. The maximum Gasteiger partial charge on any atom is 0.269 e. The fraction of sp³-hybridized carbons (Fsp3) is 0.273. The second kappa shape index (κ2) is 4.32. The maximum absolute atomic E-state index is 10.5. The van der Waals surface area contributed by atoms with Crippen molar-refractivity contribution in [2.45, 2.75) is 19.9 Å². The molecule has 0 aliphatic carbocycles. The van der Waals surface area contributed by atoms with E-state index in [9.17, 15) is 10.1 Å². The van der Waals surface area contributed by atoms with Crippen LogP contribution in [0.5, 0.6) is 0 Å². The van der Waals surface area contributed by atoms with Gasteiger partial charge in [-0.3, -0.25) is 10.1 Å². The van der Waals surface area contributed by atoms with E-state index in [1.165, 1.54) is 12.1 Å². The van der Waals surface area contributed by atoms with E-state index in [-0.39, 0.29) is 11.7 Å². The minimum absolute atomic E-state index is 0.0735. The summed E-state index contributed by atoms with van der Waals surface area (Å²) in [6.45, 7) is 4.05. The molecule has 17 heavy (non-hydrogen) atoms. The molecule has 0 fully saturated rings. The Morgan fingerprint density at radius 1 is 1.29 bits per heavy atom. The smallest absolute Gasteiger partial charge is 0.269 e. The van der Waals surface area contributed by atoms with Crippen LogP contribution >= 0.6 is 0 Å². The zero-order valence-corrected chi connectivity index (χ0v) is 9.57. The predicted octanol–water partition coefficient (Wildman–Crippen LogP) is 2.43. The van der Waals surface area contributed by atoms with Crippen LogP contribution in [-0.4, -0.2) is 19.7 Å². The first-order valence-corrected chi connectivity index (χ1v) is 5.24. The van der Waals surface area contributed by atoms with Gasteiger partial charge in [-0.15, -0.1) is 10.2 Å². The highest BCUT2D eigenvalue weighted by Crippen LogP contribution is 2.22. The molecule has 0 amide bonds. The molecular formula is C11H12N4O2. The van der Waals surface area contributed by atoms with Crippen LogP contribution in [0, 0.1) is 10.1 Å². The van der Waals surface area contributed by atoms with Crippen molar-refractivity contribution in [1.82, 2.24) is 14.8 Å². The molecule has 1 heterocycles. The van der Waals surface area contributed by atoms with Gasteiger partial charge < -0.3 is 4.57 Å². The molecule has 6 heteroatoms. The van der Waals surface area contributed by atoms with Crippen molar-refractivity contribution >= 4 is 5.69 Å². The Bertz CT molecular complexity index is 531. The van der Waals surface area contributed by atoms with Crippen LogP contribution in [0.4, 0.5) is 5.69 Å². The Morgan fingerprint density at radius 3 is 2.47 bits per heavy atom. The molecule has 1 aromatic heterocycles. The number of non-ortho nitro benzene ring substituents is 1. The lowest BCUT2D eigenvalue weighted by Crippen LogP contribution is -2.01. The molecule has 0 radical (unpaired) electrons. The van der Waals surface area contributed by atoms with Crippen molar-refractivity contribution in [3.63, 3.8) is 0 Å². The van der Waals surface area contributed by atoms with E-state index in [0.29, 0.717) is 0 Å². The summed E-state index contributed by atoms with van der Waals surface area (Å²) in [5.74, 6) is 0.717. The van der Waals surface area contributed by atoms with E-state index in [4.69, 9.17) is 0 Å². The quantitative estimate of drug-likeness (QED) is 0.601. The van der Waals surface area contributed by atoms with Crippen LogP contribution in [0.25, 0.3) is 11.4 Å². The van der Waals surface area contributed by atoms with Gasteiger partial charge >= 0.3 is 0 Å². The van der Waals surface area contributed by atoms with Gasteiger partial charge in [0.05, 0.1) is 4.92 Å². The molecule has 2 aromatic rings. The largest absolute Gasteiger partial charge is 0.311 e. The third-order valence-electron chi connectivity index (χ3n) is 2.47. The van der Waals surface area contributed by atoms with Crippen LogP contribution in [0.15, 0.2) is 30.6 Å². The highest BCUT2D eigenvalue weighted by atomic mass is 16.6. The van der Waals surface area contributed by atoms with Crippen LogP contribution < -0.4 is 0 Å². The fourth-order valence-electron chi connectivity index (χ4n) is 1.56. The molecule has 6 nitrogen and oxygen atoms in total. The molecule has 0 spiro atoms. The molecule has 2 rings (SSSR count). The SMILES string of the molecule is CC(C)n1cnnc1-c1ccc([N+](=O)[O-])cc1. The summed E-state index contributed by atoms with van der Waals surface area (Å²) in [7, 11) is 0. The van der Waals surface area contributed by atoms with Gasteiger partial charge in [0.1, 0.15) is 6.33 Å². The van der Waals surface area contributed by atoms with Gasteiger partial charge in [0.15, 0.2) is 5.82 Å². The van der Waals surface area contributed by atoms with Crippen molar-refractivity contribution in [1.29, 1.82) is 0 Å². The van der Waals surface area contributed by atoms with E-state index in [1.54, 1.807) is 18.5 Å². The standard InChI is InChI=1S/C11H12N4O2/c1-8(2)14-7-12-13-11(14)9-3-5-10(6-4-9)15(16)17/h3-8H,1-2H3. The van der Waals surface area contributed by atoms with E-state index in [1.807, 2.05) is 18.4 Å². The number of benzene rings is 1. The maximum atomic E-state index is 10.5. The Labute approximate surface area is 98.1 Å². The first-order chi connectivity index (χ1) is 8.09. The van der Waals surface area contributed by atoms with E-state index in [2.05, 4.69) is 10.2 Å². The van der Waals surface area contributed by atoms with Crippen molar-refractivity contribution in [3.05, 3.63) is 40.7 Å². The lowest BCUT2D eigenvalue weighted by Gasteiger charge is -2.09. The number of hydrogen-bond acceptors (Lipinski definition) is 4. The first-order valence-electron chi connectivity index (χ1n) is 5.24. The second-order valence-corrected chi connectivity index (χ2v) is 3.96. The number of rotatable bonds is 3. The topological polar surface area (TPSA) is 73.8 Å². The lowest BCUT2D eigenvalue weighted by molar-refractivity contribution is -0.384. The van der Waals surface area contributed by atoms with Crippen molar-refractivity contribution in [3.8, 4) is 11.4 Å². The first kappa shape index (κ1) is 11.3. The Kier molecular flexibility index (Phi) is 2.86. The van der Waals surface area contributed by atoms with Crippen molar-refractivity contribution < 1.29 is 4.92 Å². The molecule has 0 aliphatic heterocycles. The van der Waals surface area contributed by atoms with Gasteiger partial charge in [-0.05, 0) is 26.0 Å². The molecular weight excluding hydrogens is 220 g/mol. The van der Waals surface area contributed by atoms with E-state index in [0.717, 1.165) is 11.4 Å². The molecule has 0 saturated heterocycles. The molecule has 1 aromatic carbocycles. The van der Waals surface area contributed by atoms with Gasteiger partial charge in [-0.25, -0.2) is 0 Å². The monoisotopic (exact) mass is 232 g/mol. The summed E-state index contributed by atoms with van der Waals surface area (Å²) in [6, 6.07) is 6.54. The summed E-state index contributed by atoms with van der Waals surface area (Å²) in [4.78, 5) is 10.1. The summed E-state index contributed by atoms with van der Waals surface area (Å²) >= 11 is 0. The Hall–Kier alpha value is -2.24. The number of hydrogen-bond donors (Lipinski definition) is 0. The van der Waals surface area contributed by atoms with Gasteiger partial charge in [0.25, 0.3) is 5.69 Å². The Morgan fingerprint density at radius 2 is 1.94 bits per heavy atom. The molecule has 0 unspecified atom stereocenters. The number of nitro benzene ring substituents is 1. The average Bonchev–Trinajstić information content (AvgIpc) is 2.78. The van der Waals surface area contributed by atoms with Gasteiger partial charge in [-0.2, -0.15) is 0 Å². The molecule has 88 valence electrons. The second-order valence-electron chi connectivity index (χ2n) is 3.96. The van der Waals surface area contributed by atoms with Crippen LogP contribution in [0.3, 0.4) is 0 Å². The molecule has 0 N–H and O–H groups in total. The average molecular weight is 232 g/mol. The minimum atomic E-state index is -0.420. The van der Waals surface area contributed by atoms with Crippen LogP contribution in [0.1, 0.15) is 19.9 Å². The van der Waals surface area contributed by atoms with Crippen LogP contribution in [0.2, 0.25) is 0 Å². The molecule has 0 atom stereocenters. The minimum Gasteiger partial charge on any atom is -0.311 e. The van der Waals surface area contributed by atoms with Crippen molar-refractivity contribution in [2.75, 3.05) is 0 Å². The summed E-state index contributed by atoms with van der Waals surface area (Å²) in [5, 5.41) is 18.4. The lowest BCUT2D eigenvalue weighted by atomic mass is 10.2. The third-order valence-corrected chi connectivity index (χ3v) is 2.47.